The molecule has 0 saturated heterocycles. The molecular formula is C15H20O4. The van der Waals surface area contributed by atoms with E-state index in [9.17, 15) is 4.79 Å². The average Bonchev–Trinajstić information content (AvgIpc) is 2.46. The molecule has 1 unspecified atom stereocenters. The predicted octanol–water partition coefficient (Wildman–Crippen LogP) is 2.94. The van der Waals surface area contributed by atoms with Gasteiger partial charge in [-0.1, -0.05) is 12.5 Å². The van der Waals surface area contributed by atoms with Gasteiger partial charge < -0.3 is 14.2 Å². The fourth-order valence-corrected chi connectivity index (χ4v) is 2.71. The summed E-state index contributed by atoms with van der Waals surface area (Å²) in [6.45, 7) is 0. The Morgan fingerprint density at radius 2 is 1.74 bits per heavy atom. The number of Topliss-reactive ketones (excluding diaryl/α,β-unsaturated/α-hetero) is 1. The maximum absolute atomic E-state index is 12.1. The molecule has 1 aromatic carbocycles. The highest BCUT2D eigenvalue weighted by Crippen LogP contribution is 2.45. The minimum atomic E-state index is -0.0801. The number of methoxy groups -OCH3 is 3. The van der Waals surface area contributed by atoms with Crippen LogP contribution in [0.5, 0.6) is 17.2 Å². The lowest BCUT2D eigenvalue weighted by Gasteiger charge is -2.24. The van der Waals surface area contributed by atoms with Gasteiger partial charge in [0.05, 0.1) is 21.3 Å². The summed E-state index contributed by atoms with van der Waals surface area (Å²) in [6, 6.07) is 3.74. The van der Waals surface area contributed by atoms with Gasteiger partial charge in [0.25, 0.3) is 0 Å². The van der Waals surface area contributed by atoms with Crippen molar-refractivity contribution in [1.82, 2.24) is 0 Å². The lowest BCUT2D eigenvalue weighted by atomic mass is 9.82. The molecule has 1 aliphatic carbocycles. The van der Waals surface area contributed by atoms with E-state index in [2.05, 4.69) is 0 Å². The van der Waals surface area contributed by atoms with Gasteiger partial charge in [-0.05, 0) is 18.9 Å². The predicted molar refractivity (Wildman–Crippen MR) is 72.3 cm³/mol. The van der Waals surface area contributed by atoms with Gasteiger partial charge in [-0.25, -0.2) is 0 Å². The van der Waals surface area contributed by atoms with Crippen LogP contribution in [0.1, 0.15) is 37.2 Å². The van der Waals surface area contributed by atoms with Crippen LogP contribution in [-0.2, 0) is 4.79 Å². The molecule has 104 valence electrons. The minimum Gasteiger partial charge on any atom is -0.493 e. The first-order valence-electron chi connectivity index (χ1n) is 6.54. The van der Waals surface area contributed by atoms with Crippen LogP contribution in [0.3, 0.4) is 0 Å². The molecule has 1 fully saturated rings. The molecule has 0 aromatic heterocycles. The molecule has 0 spiro atoms. The maximum Gasteiger partial charge on any atom is 0.203 e. The highest BCUT2D eigenvalue weighted by molar-refractivity contribution is 5.87. The first-order chi connectivity index (χ1) is 9.22. The van der Waals surface area contributed by atoms with Crippen LogP contribution in [0.2, 0.25) is 0 Å². The summed E-state index contributed by atoms with van der Waals surface area (Å²) in [5.74, 6) is 2.00. The Balaban J connectivity index is 2.47. The number of hydrogen-bond donors (Lipinski definition) is 0. The van der Waals surface area contributed by atoms with Crippen molar-refractivity contribution in [3.63, 3.8) is 0 Å². The van der Waals surface area contributed by atoms with E-state index >= 15 is 0 Å². The van der Waals surface area contributed by atoms with Gasteiger partial charge in [0, 0.05) is 17.9 Å². The first-order valence-corrected chi connectivity index (χ1v) is 6.54. The fraction of sp³-hybridized carbons (Fsp3) is 0.533. The third-order valence-electron chi connectivity index (χ3n) is 3.66. The molecule has 4 heteroatoms. The third kappa shape index (κ3) is 2.53. The Morgan fingerprint density at radius 3 is 2.32 bits per heavy atom. The van der Waals surface area contributed by atoms with Crippen molar-refractivity contribution in [3.05, 3.63) is 17.7 Å². The molecule has 0 amide bonds. The second-order valence-corrected chi connectivity index (χ2v) is 4.69. The Kier molecular flexibility index (Phi) is 4.30. The van der Waals surface area contributed by atoms with Gasteiger partial charge in [0.1, 0.15) is 5.78 Å². The molecule has 1 saturated carbocycles. The standard InChI is InChI=1S/C15H20O4/c1-17-13-9-8-11(14(18-2)15(13)19-3)10-6-4-5-7-12(10)16/h8-10H,4-7H2,1-3H3. The summed E-state index contributed by atoms with van der Waals surface area (Å²) in [4.78, 5) is 12.1. The van der Waals surface area contributed by atoms with Crippen molar-refractivity contribution in [3.8, 4) is 17.2 Å². The molecular weight excluding hydrogens is 244 g/mol. The summed E-state index contributed by atoms with van der Waals surface area (Å²) in [5, 5.41) is 0. The number of carbonyl (C=O) groups excluding carboxylic acids is 1. The zero-order valence-electron chi connectivity index (χ0n) is 11.7. The van der Waals surface area contributed by atoms with E-state index < -0.39 is 0 Å². The molecule has 0 aliphatic heterocycles. The van der Waals surface area contributed by atoms with Gasteiger partial charge >= 0.3 is 0 Å². The van der Waals surface area contributed by atoms with Crippen LogP contribution in [0, 0.1) is 0 Å². The quantitative estimate of drug-likeness (QED) is 0.838. The van der Waals surface area contributed by atoms with Crippen molar-refractivity contribution in [2.24, 2.45) is 0 Å². The molecule has 1 aliphatic rings. The monoisotopic (exact) mass is 264 g/mol. The van der Waals surface area contributed by atoms with E-state index in [1.807, 2.05) is 12.1 Å². The van der Waals surface area contributed by atoms with Crippen LogP contribution in [0.15, 0.2) is 12.1 Å². The second kappa shape index (κ2) is 5.95. The van der Waals surface area contributed by atoms with E-state index in [0.717, 1.165) is 24.8 Å². The molecule has 0 bridgehead atoms. The summed E-state index contributed by atoms with van der Waals surface area (Å²) in [6.07, 6.45) is 3.60. The Labute approximate surface area is 113 Å². The molecule has 0 radical (unpaired) electrons. The highest BCUT2D eigenvalue weighted by atomic mass is 16.5. The first kappa shape index (κ1) is 13.7. The van der Waals surface area contributed by atoms with E-state index in [0.29, 0.717) is 23.7 Å². The number of carbonyl (C=O) groups is 1. The third-order valence-corrected chi connectivity index (χ3v) is 3.66. The Hall–Kier alpha value is -1.71. The molecule has 4 nitrogen and oxygen atoms in total. The maximum atomic E-state index is 12.1. The smallest absolute Gasteiger partial charge is 0.203 e. The zero-order valence-corrected chi connectivity index (χ0v) is 11.7. The Morgan fingerprint density at radius 1 is 1.00 bits per heavy atom. The van der Waals surface area contributed by atoms with Gasteiger partial charge in [-0.3, -0.25) is 4.79 Å². The number of hydrogen-bond acceptors (Lipinski definition) is 4. The van der Waals surface area contributed by atoms with E-state index in [1.54, 1.807) is 21.3 Å². The van der Waals surface area contributed by atoms with Gasteiger partial charge in [0.2, 0.25) is 5.75 Å². The summed E-state index contributed by atoms with van der Waals surface area (Å²) in [5.41, 5.74) is 0.907. The molecule has 19 heavy (non-hydrogen) atoms. The molecule has 1 atom stereocenters. The summed E-state index contributed by atoms with van der Waals surface area (Å²) < 4.78 is 16.1. The average molecular weight is 264 g/mol. The fourth-order valence-electron chi connectivity index (χ4n) is 2.71. The molecule has 2 rings (SSSR count). The molecule has 0 N–H and O–H groups in total. The van der Waals surface area contributed by atoms with Gasteiger partial charge in [0.15, 0.2) is 11.5 Å². The van der Waals surface area contributed by atoms with Crippen molar-refractivity contribution >= 4 is 5.78 Å². The Bertz CT molecular complexity index is 467. The molecule has 1 aromatic rings. The van der Waals surface area contributed by atoms with Crippen LogP contribution in [0.25, 0.3) is 0 Å². The summed E-state index contributed by atoms with van der Waals surface area (Å²) in [7, 11) is 4.75. The number of benzene rings is 1. The second-order valence-electron chi connectivity index (χ2n) is 4.69. The SMILES string of the molecule is COc1ccc(C2CCCCC2=O)c(OC)c1OC. The van der Waals surface area contributed by atoms with Crippen LogP contribution in [-0.4, -0.2) is 27.1 Å². The van der Waals surface area contributed by atoms with Crippen molar-refractivity contribution in [2.75, 3.05) is 21.3 Å². The largest absolute Gasteiger partial charge is 0.493 e. The van der Waals surface area contributed by atoms with Gasteiger partial charge in [-0.15, -0.1) is 0 Å². The van der Waals surface area contributed by atoms with Crippen molar-refractivity contribution in [2.45, 2.75) is 31.6 Å². The normalized spacial score (nSPS) is 19.1. The summed E-state index contributed by atoms with van der Waals surface area (Å²) >= 11 is 0. The number of rotatable bonds is 4. The zero-order chi connectivity index (χ0) is 13.8. The highest BCUT2D eigenvalue weighted by Gasteiger charge is 2.29. The molecule has 0 heterocycles. The van der Waals surface area contributed by atoms with Crippen LogP contribution in [0.4, 0.5) is 0 Å². The minimum absolute atomic E-state index is 0.0801. The topological polar surface area (TPSA) is 44.8 Å². The van der Waals surface area contributed by atoms with E-state index in [4.69, 9.17) is 14.2 Å². The number of ether oxygens (including phenoxy) is 3. The lowest BCUT2D eigenvalue weighted by Crippen LogP contribution is -2.18. The van der Waals surface area contributed by atoms with Crippen molar-refractivity contribution in [1.29, 1.82) is 0 Å². The van der Waals surface area contributed by atoms with Crippen LogP contribution >= 0.6 is 0 Å². The van der Waals surface area contributed by atoms with E-state index in [-0.39, 0.29) is 11.7 Å². The van der Waals surface area contributed by atoms with Crippen molar-refractivity contribution < 1.29 is 19.0 Å². The van der Waals surface area contributed by atoms with Crippen LogP contribution < -0.4 is 14.2 Å². The van der Waals surface area contributed by atoms with Gasteiger partial charge in [-0.2, -0.15) is 0 Å². The lowest BCUT2D eigenvalue weighted by molar-refractivity contribution is -0.121. The van der Waals surface area contributed by atoms with E-state index in [1.165, 1.54) is 0 Å². The number of ketones is 1.